The van der Waals surface area contributed by atoms with Gasteiger partial charge in [0, 0.05) is 56.2 Å². The molecule has 0 aromatic heterocycles. The van der Waals surface area contributed by atoms with Crippen molar-refractivity contribution >= 4 is 23.1 Å². The average Bonchev–Trinajstić information content (AvgIpc) is 3.51. The van der Waals surface area contributed by atoms with Crippen LogP contribution in [0.15, 0.2) is 73.0 Å². The number of benzene rings is 2. The van der Waals surface area contributed by atoms with E-state index in [2.05, 4.69) is 54.1 Å². The first-order valence-electron chi connectivity index (χ1n) is 22.8. The van der Waals surface area contributed by atoms with E-state index < -0.39 is 5.97 Å². The zero-order valence-electron chi connectivity index (χ0n) is 38.8. The minimum absolute atomic E-state index is 0.199. The summed E-state index contributed by atoms with van der Waals surface area (Å²) in [7, 11) is 1.65. The van der Waals surface area contributed by atoms with Gasteiger partial charge in [-0.15, -0.1) is 0 Å². The smallest absolute Gasteiger partial charge is 0.303 e. The molecule has 64 heavy (non-hydrogen) atoms. The standard InChI is InChI=1S/C49H76N2O13/c1-43-16-17-46-45(42-43)49(2,47(51(46)20-11-5-8-15-48(52)53)14-9-10-19-50-44-12-6-4-7-13-44)18-21-55-24-25-57-28-29-59-32-33-61-36-37-63-40-41-64-39-38-62-35-34-60-31-30-58-27-26-56-23-22-54-3/h4,6-7,9-10,12-14,16-17,19,42H,5,8,11,15,18,20-41H2,1-3H3,(H,52,53)/p+1. The molecule has 0 spiro atoms. The highest BCUT2D eigenvalue weighted by Crippen LogP contribution is 2.43. The Morgan fingerprint density at radius 2 is 1.08 bits per heavy atom. The summed E-state index contributed by atoms with van der Waals surface area (Å²) < 4.78 is 63.2. The van der Waals surface area contributed by atoms with Gasteiger partial charge in [-0.05, 0) is 57.4 Å². The summed E-state index contributed by atoms with van der Waals surface area (Å²) in [6.45, 7) is 16.0. The Hall–Kier alpha value is -3.58. The number of hydrogen-bond donors (Lipinski definition) is 2. The molecule has 0 bridgehead atoms. The fourth-order valence-corrected chi connectivity index (χ4v) is 6.77. The number of aliphatic carboxylic acids is 1. The topological polar surface area (TPSA) is 154 Å². The lowest BCUT2D eigenvalue weighted by Crippen LogP contribution is -2.33. The maximum atomic E-state index is 11.1. The molecule has 2 aromatic carbocycles. The van der Waals surface area contributed by atoms with E-state index in [0.717, 1.165) is 31.5 Å². The summed E-state index contributed by atoms with van der Waals surface area (Å²) in [6.07, 6.45) is 11.7. The molecule has 0 radical (unpaired) electrons. The number of carboxylic acid groups (broad SMARTS) is 1. The Bertz CT molecular complexity index is 1580. The van der Waals surface area contributed by atoms with Crippen LogP contribution in [-0.2, 0) is 62.3 Å². The molecule has 1 unspecified atom stereocenters. The lowest BCUT2D eigenvalue weighted by Gasteiger charge is -2.23. The predicted molar refractivity (Wildman–Crippen MR) is 247 cm³/mol. The summed E-state index contributed by atoms with van der Waals surface area (Å²) in [6, 6.07) is 16.7. The van der Waals surface area contributed by atoms with Crippen LogP contribution in [0, 0.1) is 6.92 Å². The van der Waals surface area contributed by atoms with Gasteiger partial charge in [0.25, 0.3) is 0 Å². The van der Waals surface area contributed by atoms with Crippen LogP contribution in [0.1, 0.15) is 50.2 Å². The van der Waals surface area contributed by atoms with Crippen molar-refractivity contribution in [3.05, 3.63) is 84.1 Å². The van der Waals surface area contributed by atoms with Crippen LogP contribution in [0.25, 0.3) is 0 Å². The maximum absolute atomic E-state index is 11.1. The van der Waals surface area contributed by atoms with Gasteiger partial charge in [0.05, 0.1) is 138 Å². The summed E-state index contributed by atoms with van der Waals surface area (Å²) in [5, 5.41) is 12.4. The van der Waals surface area contributed by atoms with Crippen molar-refractivity contribution < 1.29 is 66.6 Å². The first kappa shape index (κ1) is 54.8. The number of carboxylic acids is 1. The Kier molecular flexibility index (Phi) is 31.3. The number of allylic oxidation sites excluding steroid dienone is 3. The van der Waals surface area contributed by atoms with Gasteiger partial charge < -0.3 is 62.5 Å². The van der Waals surface area contributed by atoms with E-state index >= 15 is 0 Å². The van der Waals surface area contributed by atoms with Gasteiger partial charge in [-0.25, -0.2) is 0 Å². The highest BCUT2D eigenvalue weighted by Gasteiger charge is 2.47. The molecule has 360 valence electrons. The number of para-hydroxylation sites is 1. The van der Waals surface area contributed by atoms with Gasteiger partial charge in [-0.3, -0.25) is 4.79 Å². The van der Waals surface area contributed by atoms with Gasteiger partial charge in [-0.2, -0.15) is 4.58 Å². The van der Waals surface area contributed by atoms with Crippen molar-refractivity contribution in [3.8, 4) is 0 Å². The monoisotopic (exact) mass is 902 g/mol. The van der Waals surface area contributed by atoms with Crippen molar-refractivity contribution in [1.82, 2.24) is 0 Å². The first-order valence-corrected chi connectivity index (χ1v) is 22.8. The zero-order valence-corrected chi connectivity index (χ0v) is 38.8. The highest BCUT2D eigenvalue weighted by molar-refractivity contribution is 6.03. The van der Waals surface area contributed by atoms with Crippen LogP contribution in [0.4, 0.5) is 11.4 Å². The second kappa shape index (κ2) is 36.6. The van der Waals surface area contributed by atoms with E-state index in [4.69, 9.17) is 57.2 Å². The fourth-order valence-electron chi connectivity index (χ4n) is 6.77. The molecule has 2 aromatic rings. The molecule has 3 rings (SSSR count). The third-order valence-corrected chi connectivity index (χ3v) is 10.2. The van der Waals surface area contributed by atoms with Crippen molar-refractivity contribution in [2.75, 3.05) is 158 Å². The molecule has 0 saturated heterocycles. The van der Waals surface area contributed by atoms with Gasteiger partial charge in [-0.1, -0.05) is 35.9 Å². The predicted octanol–water partition coefficient (Wildman–Crippen LogP) is 6.38. The third-order valence-electron chi connectivity index (χ3n) is 10.2. The molecule has 0 aliphatic carbocycles. The molecular weight excluding hydrogens is 825 g/mol. The normalized spacial score (nSPS) is 15.0. The number of methoxy groups -OCH3 is 1. The molecule has 1 aliphatic heterocycles. The van der Waals surface area contributed by atoms with Gasteiger partial charge in [0.15, 0.2) is 5.71 Å². The second-order valence-electron chi connectivity index (χ2n) is 15.2. The Balaban J connectivity index is 1.20. The van der Waals surface area contributed by atoms with Crippen LogP contribution in [0.5, 0.6) is 0 Å². The van der Waals surface area contributed by atoms with E-state index in [1.807, 2.05) is 42.6 Å². The van der Waals surface area contributed by atoms with Crippen LogP contribution < -0.4 is 5.32 Å². The SMILES string of the molecule is COCCOCCOCCOCCOCCOCCOCCOCCOCCOCCOCCC1(C)C(/C=C/C=C/Nc2ccccc2)=[N+](CCCCCC(=O)O)c2ccc(C)cc21. The molecular formula is C49H77N2O13+. The molecule has 0 saturated carbocycles. The molecule has 1 atom stereocenters. The summed E-state index contributed by atoms with van der Waals surface area (Å²) in [5.41, 5.74) is 5.66. The maximum Gasteiger partial charge on any atom is 0.303 e. The number of ether oxygens (including phenoxy) is 11. The van der Waals surface area contributed by atoms with Crippen molar-refractivity contribution in [2.45, 2.75) is 51.4 Å². The van der Waals surface area contributed by atoms with Gasteiger partial charge in [0.2, 0.25) is 5.69 Å². The number of nitrogens with zero attached hydrogens (tertiary/aromatic N) is 1. The van der Waals surface area contributed by atoms with Crippen molar-refractivity contribution in [2.24, 2.45) is 0 Å². The van der Waals surface area contributed by atoms with Crippen LogP contribution in [0.3, 0.4) is 0 Å². The van der Waals surface area contributed by atoms with Gasteiger partial charge >= 0.3 is 5.97 Å². The average molecular weight is 902 g/mol. The number of fused-ring (bicyclic) bond motifs is 1. The van der Waals surface area contributed by atoms with Crippen molar-refractivity contribution in [1.29, 1.82) is 0 Å². The third kappa shape index (κ3) is 24.6. The molecule has 1 aliphatic rings. The number of hydrogen-bond acceptors (Lipinski definition) is 13. The van der Waals surface area contributed by atoms with Crippen LogP contribution >= 0.6 is 0 Å². The number of rotatable bonds is 43. The minimum atomic E-state index is -0.745. The second-order valence-corrected chi connectivity index (χ2v) is 15.2. The molecule has 15 heteroatoms. The van der Waals surface area contributed by atoms with Crippen LogP contribution in [-0.4, -0.2) is 174 Å². The Morgan fingerprint density at radius 3 is 1.55 bits per heavy atom. The minimum Gasteiger partial charge on any atom is -0.481 e. The summed E-state index contributed by atoms with van der Waals surface area (Å²) in [4.78, 5) is 11.1. The summed E-state index contributed by atoms with van der Waals surface area (Å²) >= 11 is 0. The van der Waals surface area contributed by atoms with Crippen LogP contribution in [0.2, 0.25) is 0 Å². The fraction of sp³-hybridized carbons (Fsp3) is 0.633. The van der Waals surface area contributed by atoms with E-state index in [-0.39, 0.29) is 11.8 Å². The quantitative estimate of drug-likeness (QED) is 0.0430. The van der Waals surface area contributed by atoms with Gasteiger partial charge in [0.1, 0.15) is 6.54 Å². The molecule has 0 fully saturated rings. The summed E-state index contributed by atoms with van der Waals surface area (Å²) in [5.74, 6) is -0.745. The molecule has 15 nitrogen and oxygen atoms in total. The lowest BCUT2D eigenvalue weighted by atomic mass is 9.76. The number of unbranched alkanes of at least 4 members (excludes halogenated alkanes) is 2. The van der Waals surface area contributed by atoms with E-state index in [1.54, 1.807) is 7.11 Å². The zero-order chi connectivity index (χ0) is 45.6. The lowest BCUT2D eigenvalue weighted by molar-refractivity contribution is -0.438. The number of aryl methyl sites for hydroxylation is 1. The van der Waals surface area contributed by atoms with E-state index in [9.17, 15) is 4.79 Å². The molecule has 2 N–H and O–H groups in total. The number of nitrogens with one attached hydrogen (secondary N) is 1. The Labute approximate surface area is 381 Å². The highest BCUT2D eigenvalue weighted by atomic mass is 16.6. The molecule has 1 heterocycles. The Morgan fingerprint density at radius 1 is 0.609 bits per heavy atom. The van der Waals surface area contributed by atoms with Crippen molar-refractivity contribution in [3.63, 3.8) is 0 Å². The first-order chi connectivity index (χ1) is 31.5. The number of anilines is 1. The largest absolute Gasteiger partial charge is 0.481 e. The molecule has 0 amide bonds. The number of carbonyl (C=O) groups is 1. The van der Waals surface area contributed by atoms with E-state index in [0.29, 0.717) is 145 Å². The van der Waals surface area contributed by atoms with E-state index in [1.165, 1.54) is 22.5 Å².